The van der Waals surface area contributed by atoms with Crippen LogP contribution in [0.3, 0.4) is 0 Å². The minimum Gasteiger partial charge on any atom is -0.444 e. The molecule has 0 spiro atoms. The van der Waals surface area contributed by atoms with E-state index in [9.17, 15) is 18.0 Å². The molecule has 8 heteroatoms. The minimum atomic E-state index is -4.44. The first-order chi connectivity index (χ1) is 12.9. The Labute approximate surface area is 154 Å². The number of aliphatic imine (C=N–C) groups is 1. The van der Waals surface area contributed by atoms with Crippen LogP contribution >= 0.6 is 0 Å². The van der Waals surface area contributed by atoms with E-state index in [2.05, 4.69) is 10.3 Å². The van der Waals surface area contributed by atoms with E-state index in [0.717, 1.165) is 11.6 Å². The number of halogens is 3. The summed E-state index contributed by atoms with van der Waals surface area (Å²) in [7, 11) is 0. The summed E-state index contributed by atoms with van der Waals surface area (Å²) in [5.74, 6) is 0.213. The average Bonchev–Trinajstić information content (AvgIpc) is 3.13. The van der Waals surface area contributed by atoms with Crippen LogP contribution in [0, 0.1) is 0 Å². The van der Waals surface area contributed by atoms with Gasteiger partial charge in [0.05, 0.1) is 18.7 Å². The van der Waals surface area contributed by atoms with Crippen LogP contribution in [-0.4, -0.2) is 30.0 Å². The van der Waals surface area contributed by atoms with Crippen molar-refractivity contribution in [3.63, 3.8) is 0 Å². The van der Waals surface area contributed by atoms with E-state index in [4.69, 9.17) is 4.74 Å². The van der Waals surface area contributed by atoms with Crippen LogP contribution < -0.4 is 5.32 Å². The number of alkyl halides is 3. The number of rotatable bonds is 4. The molecule has 0 aliphatic carbocycles. The maximum absolute atomic E-state index is 13.1. The summed E-state index contributed by atoms with van der Waals surface area (Å²) in [6.45, 7) is 0.692. The largest absolute Gasteiger partial charge is 0.444 e. The summed E-state index contributed by atoms with van der Waals surface area (Å²) in [5, 5.41) is 2.81. The summed E-state index contributed by atoms with van der Waals surface area (Å²) >= 11 is 0. The first-order valence-corrected chi connectivity index (χ1v) is 8.37. The predicted molar refractivity (Wildman–Crippen MR) is 93.9 cm³/mol. The highest BCUT2D eigenvalue weighted by Crippen LogP contribution is 2.31. The van der Waals surface area contributed by atoms with Crippen molar-refractivity contribution >= 4 is 12.1 Å². The van der Waals surface area contributed by atoms with Crippen LogP contribution in [0.5, 0.6) is 0 Å². The third kappa shape index (κ3) is 4.78. The molecule has 2 aromatic rings. The third-order valence-electron chi connectivity index (χ3n) is 4.03. The number of carbonyl (C=O) groups excluding carboxylic acids is 1. The summed E-state index contributed by atoms with van der Waals surface area (Å²) in [4.78, 5) is 17.7. The van der Waals surface area contributed by atoms with E-state index in [-0.39, 0.29) is 24.7 Å². The lowest BCUT2D eigenvalue weighted by Gasteiger charge is -2.20. The van der Waals surface area contributed by atoms with Crippen molar-refractivity contribution in [2.45, 2.75) is 19.3 Å². The van der Waals surface area contributed by atoms with Gasteiger partial charge >= 0.3 is 12.3 Å². The second kappa shape index (κ2) is 8.11. The summed E-state index contributed by atoms with van der Waals surface area (Å²) in [5.41, 5.74) is 0.210. The Balaban J connectivity index is 1.60. The number of ether oxygens (including phenoxy) is 1. The second-order valence-electron chi connectivity index (χ2n) is 5.91. The van der Waals surface area contributed by atoms with E-state index >= 15 is 0 Å². The molecule has 0 atom stereocenters. The molecule has 0 saturated heterocycles. The number of hydrogen-bond acceptors (Lipinski definition) is 4. The quantitative estimate of drug-likeness (QED) is 0.882. The molecule has 0 unspecified atom stereocenters. The van der Waals surface area contributed by atoms with Crippen LogP contribution in [0.2, 0.25) is 0 Å². The molecule has 0 aromatic heterocycles. The van der Waals surface area contributed by atoms with Crippen molar-refractivity contribution in [2.75, 3.05) is 13.1 Å². The number of carbonyl (C=O) groups is 1. The van der Waals surface area contributed by atoms with Crippen molar-refractivity contribution in [1.29, 1.82) is 0 Å². The number of nitrogens with zero attached hydrogens (tertiary/aromatic N) is 2. The number of guanidine groups is 1. The van der Waals surface area contributed by atoms with Gasteiger partial charge in [0.25, 0.3) is 0 Å². The van der Waals surface area contributed by atoms with Crippen LogP contribution in [0.15, 0.2) is 59.6 Å². The molecule has 27 heavy (non-hydrogen) atoms. The van der Waals surface area contributed by atoms with Crippen molar-refractivity contribution in [1.82, 2.24) is 10.2 Å². The zero-order valence-electron chi connectivity index (χ0n) is 14.4. The Morgan fingerprint density at radius 1 is 1.11 bits per heavy atom. The zero-order valence-corrected chi connectivity index (χ0v) is 14.4. The maximum atomic E-state index is 13.1. The van der Waals surface area contributed by atoms with E-state index in [0.29, 0.717) is 13.1 Å². The molecule has 5 nitrogen and oxygen atoms in total. The standard InChI is InChI=1S/C19H18F3N3O2/c20-19(21,22)16-9-5-4-8-15(16)12-24-17-23-10-11-25(17)18(26)27-13-14-6-2-1-3-7-14/h1-9H,10-13H2,(H,23,24). The van der Waals surface area contributed by atoms with Gasteiger partial charge in [-0.15, -0.1) is 0 Å². The highest BCUT2D eigenvalue weighted by molar-refractivity contribution is 5.95. The van der Waals surface area contributed by atoms with Crippen molar-refractivity contribution < 1.29 is 22.7 Å². The van der Waals surface area contributed by atoms with Gasteiger partial charge in [-0.3, -0.25) is 4.99 Å². The molecule has 1 aliphatic rings. The number of benzene rings is 2. The molecule has 0 fully saturated rings. The van der Waals surface area contributed by atoms with E-state index in [1.54, 1.807) is 0 Å². The molecule has 0 saturated carbocycles. The highest BCUT2D eigenvalue weighted by atomic mass is 19.4. The van der Waals surface area contributed by atoms with E-state index in [1.807, 2.05) is 30.3 Å². The van der Waals surface area contributed by atoms with Crippen LogP contribution in [-0.2, 0) is 24.1 Å². The smallest absolute Gasteiger partial charge is 0.417 e. The second-order valence-corrected chi connectivity index (χ2v) is 5.91. The Morgan fingerprint density at radius 2 is 1.81 bits per heavy atom. The molecular weight excluding hydrogens is 359 g/mol. The monoisotopic (exact) mass is 377 g/mol. The SMILES string of the molecule is O=C(OCc1ccccc1)N1CCN=C1NCc1ccccc1C(F)(F)F. The van der Waals surface area contributed by atoms with Gasteiger partial charge in [0.15, 0.2) is 0 Å². The van der Waals surface area contributed by atoms with Gasteiger partial charge in [-0.05, 0) is 17.2 Å². The molecule has 1 heterocycles. The lowest BCUT2D eigenvalue weighted by Crippen LogP contribution is -2.42. The Kier molecular flexibility index (Phi) is 5.63. The Bertz CT molecular complexity index is 822. The topological polar surface area (TPSA) is 53.9 Å². The summed E-state index contributed by atoms with van der Waals surface area (Å²) in [6, 6.07) is 14.5. The van der Waals surface area contributed by atoms with Gasteiger partial charge in [0.2, 0.25) is 5.96 Å². The third-order valence-corrected chi connectivity index (χ3v) is 4.03. The molecule has 0 radical (unpaired) electrons. The van der Waals surface area contributed by atoms with Gasteiger partial charge in [-0.2, -0.15) is 13.2 Å². The van der Waals surface area contributed by atoms with E-state index in [1.165, 1.54) is 23.1 Å². The number of amides is 1. The molecule has 142 valence electrons. The normalized spacial score (nSPS) is 14.0. The van der Waals surface area contributed by atoms with Gasteiger partial charge in [0, 0.05) is 6.54 Å². The average molecular weight is 377 g/mol. The number of hydrogen-bond donors (Lipinski definition) is 1. The fourth-order valence-electron chi connectivity index (χ4n) is 2.70. The highest BCUT2D eigenvalue weighted by Gasteiger charge is 2.33. The molecule has 1 N–H and O–H groups in total. The fourth-order valence-corrected chi connectivity index (χ4v) is 2.70. The molecule has 1 amide bonds. The number of nitrogens with one attached hydrogen (secondary N) is 1. The minimum absolute atomic E-state index is 0.0807. The first kappa shape index (κ1) is 18.8. The van der Waals surface area contributed by atoms with Gasteiger partial charge in [-0.1, -0.05) is 48.5 Å². The van der Waals surface area contributed by atoms with Crippen LogP contribution in [0.4, 0.5) is 18.0 Å². The van der Waals surface area contributed by atoms with Crippen LogP contribution in [0.1, 0.15) is 16.7 Å². The maximum Gasteiger partial charge on any atom is 0.417 e. The first-order valence-electron chi connectivity index (χ1n) is 8.37. The predicted octanol–water partition coefficient (Wildman–Crippen LogP) is 3.80. The Hall–Kier alpha value is -3.03. The van der Waals surface area contributed by atoms with Crippen molar-refractivity contribution in [3.8, 4) is 0 Å². The lowest BCUT2D eigenvalue weighted by atomic mass is 10.1. The lowest BCUT2D eigenvalue weighted by molar-refractivity contribution is -0.138. The van der Waals surface area contributed by atoms with Gasteiger partial charge in [0.1, 0.15) is 6.61 Å². The van der Waals surface area contributed by atoms with Crippen molar-refractivity contribution in [2.24, 2.45) is 4.99 Å². The van der Waals surface area contributed by atoms with Crippen LogP contribution in [0.25, 0.3) is 0 Å². The van der Waals surface area contributed by atoms with Gasteiger partial charge in [-0.25, -0.2) is 9.69 Å². The van der Waals surface area contributed by atoms with Gasteiger partial charge < -0.3 is 10.1 Å². The zero-order chi connectivity index (χ0) is 19.3. The fraction of sp³-hybridized carbons (Fsp3) is 0.263. The summed E-state index contributed by atoms with van der Waals surface area (Å²) in [6.07, 6.45) is -5.03. The molecule has 3 rings (SSSR count). The Morgan fingerprint density at radius 3 is 2.56 bits per heavy atom. The molecular formula is C19H18F3N3O2. The van der Waals surface area contributed by atoms with Crippen molar-refractivity contribution in [3.05, 3.63) is 71.3 Å². The van der Waals surface area contributed by atoms with E-state index < -0.39 is 17.8 Å². The molecule has 2 aromatic carbocycles. The molecule has 1 aliphatic heterocycles. The summed E-state index contributed by atoms with van der Waals surface area (Å²) < 4.78 is 44.5. The molecule has 0 bridgehead atoms.